The molecule has 1 amide bonds. The molecule has 1 N–H and O–H groups in total. The van der Waals surface area contributed by atoms with Gasteiger partial charge < -0.3 is 5.32 Å². The largest absolute Gasteiger partial charge is 0.321 e. The van der Waals surface area contributed by atoms with Crippen molar-refractivity contribution in [1.29, 1.82) is 0 Å². The number of benzene rings is 1. The van der Waals surface area contributed by atoms with Crippen molar-refractivity contribution < 1.29 is 4.79 Å². The molecule has 0 saturated heterocycles. The molecular formula is C13H10Br2N2O. The first-order valence-corrected chi connectivity index (χ1v) is 6.84. The monoisotopic (exact) mass is 368 g/mol. The Hall–Kier alpha value is -1.20. The lowest BCUT2D eigenvalue weighted by Gasteiger charge is -2.07. The van der Waals surface area contributed by atoms with Crippen molar-refractivity contribution in [3.8, 4) is 0 Å². The summed E-state index contributed by atoms with van der Waals surface area (Å²) in [5.74, 6) is -0.238. The number of nitrogens with one attached hydrogen (secondary N) is 1. The number of aromatic nitrogens is 1. The SMILES string of the molecule is Cc1ccc(NC(=O)c2ncccc2Br)cc1Br. The molecule has 0 aliphatic heterocycles. The summed E-state index contributed by atoms with van der Waals surface area (Å²) in [5.41, 5.74) is 2.22. The van der Waals surface area contributed by atoms with Crippen LogP contribution in [0.2, 0.25) is 0 Å². The maximum absolute atomic E-state index is 12.0. The molecule has 5 heteroatoms. The maximum Gasteiger partial charge on any atom is 0.275 e. The summed E-state index contributed by atoms with van der Waals surface area (Å²) >= 11 is 6.73. The number of carbonyl (C=O) groups is 1. The van der Waals surface area contributed by atoms with Gasteiger partial charge in [0.2, 0.25) is 0 Å². The molecule has 2 rings (SSSR count). The second-order valence-electron chi connectivity index (χ2n) is 3.75. The number of hydrogen-bond donors (Lipinski definition) is 1. The Bertz CT molecular complexity index is 599. The van der Waals surface area contributed by atoms with E-state index in [1.807, 2.05) is 25.1 Å². The molecule has 92 valence electrons. The third kappa shape index (κ3) is 2.97. The van der Waals surface area contributed by atoms with Gasteiger partial charge in [-0.15, -0.1) is 0 Å². The molecule has 2 aromatic rings. The number of aryl methyl sites for hydroxylation is 1. The number of rotatable bonds is 2. The summed E-state index contributed by atoms with van der Waals surface area (Å²) in [7, 11) is 0. The van der Waals surface area contributed by atoms with Gasteiger partial charge in [-0.1, -0.05) is 22.0 Å². The fourth-order valence-electron chi connectivity index (χ4n) is 1.41. The minimum atomic E-state index is -0.238. The molecule has 1 heterocycles. The highest BCUT2D eigenvalue weighted by Gasteiger charge is 2.11. The molecule has 0 aliphatic carbocycles. The van der Waals surface area contributed by atoms with Gasteiger partial charge in [-0.25, -0.2) is 4.98 Å². The van der Waals surface area contributed by atoms with Crippen LogP contribution in [-0.2, 0) is 0 Å². The molecule has 0 spiro atoms. The third-order valence-electron chi connectivity index (χ3n) is 2.40. The van der Waals surface area contributed by atoms with Crippen molar-refractivity contribution in [2.24, 2.45) is 0 Å². The number of nitrogens with zero attached hydrogens (tertiary/aromatic N) is 1. The average Bonchev–Trinajstić information content (AvgIpc) is 2.34. The standard InChI is InChI=1S/C13H10Br2N2O/c1-8-4-5-9(7-11(8)15)17-13(18)12-10(14)3-2-6-16-12/h2-7H,1H3,(H,17,18). The Kier molecular flexibility index (Phi) is 4.14. The Labute approximate surface area is 122 Å². The predicted molar refractivity (Wildman–Crippen MR) is 78.8 cm³/mol. The minimum absolute atomic E-state index is 0.238. The van der Waals surface area contributed by atoms with Gasteiger partial charge in [0, 0.05) is 20.8 Å². The highest BCUT2D eigenvalue weighted by Crippen LogP contribution is 2.21. The van der Waals surface area contributed by atoms with E-state index in [4.69, 9.17) is 0 Å². The zero-order chi connectivity index (χ0) is 13.1. The van der Waals surface area contributed by atoms with E-state index >= 15 is 0 Å². The van der Waals surface area contributed by atoms with Crippen LogP contribution in [0.1, 0.15) is 16.1 Å². The number of pyridine rings is 1. The van der Waals surface area contributed by atoms with Crippen LogP contribution in [0.4, 0.5) is 5.69 Å². The molecule has 0 radical (unpaired) electrons. The fourth-order valence-corrected chi connectivity index (χ4v) is 2.23. The number of hydrogen-bond acceptors (Lipinski definition) is 2. The number of halogens is 2. The van der Waals surface area contributed by atoms with E-state index in [9.17, 15) is 4.79 Å². The average molecular weight is 370 g/mol. The van der Waals surface area contributed by atoms with Crippen LogP contribution >= 0.6 is 31.9 Å². The third-order valence-corrected chi connectivity index (χ3v) is 3.90. The Morgan fingerprint density at radius 2 is 2.00 bits per heavy atom. The second kappa shape index (κ2) is 5.63. The Morgan fingerprint density at radius 1 is 1.22 bits per heavy atom. The lowest BCUT2D eigenvalue weighted by Crippen LogP contribution is -2.14. The molecule has 3 nitrogen and oxygen atoms in total. The van der Waals surface area contributed by atoms with Crippen molar-refractivity contribution >= 4 is 43.5 Å². The zero-order valence-corrected chi connectivity index (χ0v) is 12.7. The summed E-state index contributed by atoms with van der Waals surface area (Å²) in [6, 6.07) is 9.21. The molecule has 1 aromatic heterocycles. The minimum Gasteiger partial charge on any atom is -0.321 e. The summed E-state index contributed by atoms with van der Waals surface area (Å²) in [5, 5.41) is 2.81. The van der Waals surface area contributed by atoms with Gasteiger partial charge in [-0.05, 0) is 52.7 Å². The zero-order valence-electron chi connectivity index (χ0n) is 9.58. The quantitative estimate of drug-likeness (QED) is 0.863. The molecule has 0 aliphatic rings. The molecule has 18 heavy (non-hydrogen) atoms. The highest BCUT2D eigenvalue weighted by atomic mass is 79.9. The summed E-state index contributed by atoms with van der Waals surface area (Å²) in [6.45, 7) is 1.99. The first-order valence-electron chi connectivity index (χ1n) is 5.26. The normalized spacial score (nSPS) is 10.2. The van der Waals surface area contributed by atoms with Crippen LogP contribution < -0.4 is 5.32 Å². The lowest BCUT2D eigenvalue weighted by molar-refractivity contribution is 0.102. The van der Waals surface area contributed by atoms with E-state index in [0.717, 1.165) is 15.7 Å². The molecule has 0 bridgehead atoms. The number of carbonyl (C=O) groups excluding carboxylic acids is 1. The van der Waals surface area contributed by atoms with E-state index in [1.165, 1.54) is 0 Å². The second-order valence-corrected chi connectivity index (χ2v) is 5.46. The van der Waals surface area contributed by atoms with Crippen molar-refractivity contribution in [1.82, 2.24) is 4.98 Å². The first-order chi connectivity index (χ1) is 8.58. The molecular weight excluding hydrogens is 360 g/mol. The summed E-state index contributed by atoms with van der Waals surface area (Å²) in [6.07, 6.45) is 1.59. The van der Waals surface area contributed by atoms with Crippen LogP contribution in [0.25, 0.3) is 0 Å². The van der Waals surface area contributed by atoms with Gasteiger partial charge in [0.1, 0.15) is 5.69 Å². The molecule has 0 saturated carbocycles. The van der Waals surface area contributed by atoms with Crippen molar-refractivity contribution in [2.45, 2.75) is 6.92 Å². The molecule has 0 fully saturated rings. The lowest BCUT2D eigenvalue weighted by atomic mass is 10.2. The smallest absolute Gasteiger partial charge is 0.275 e. The summed E-state index contributed by atoms with van der Waals surface area (Å²) in [4.78, 5) is 16.1. The van der Waals surface area contributed by atoms with E-state index in [0.29, 0.717) is 10.2 Å². The Morgan fingerprint density at radius 3 is 2.67 bits per heavy atom. The predicted octanol–water partition coefficient (Wildman–Crippen LogP) is 4.17. The van der Waals surface area contributed by atoms with Gasteiger partial charge in [0.05, 0.1) is 0 Å². The van der Waals surface area contributed by atoms with E-state index < -0.39 is 0 Å². The molecule has 0 atom stereocenters. The highest BCUT2D eigenvalue weighted by molar-refractivity contribution is 9.10. The molecule has 0 unspecified atom stereocenters. The van der Waals surface area contributed by atoms with Gasteiger partial charge in [-0.2, -0.15) is 0 Å². The number of anilines is 1. The number of amides is 1. The van der Waals surface area contributed by atoms with Gasteiger partial charge >= 0.3 is 0 Å². The van der Waals surface area contributed by atoms with Crippen LogP contribution in [0.3, 0.4) is 0 Å². The van der Waals surface area contributed by atoms with Gasteiger partial charge in [0.25, 0.3) is 5.91 Å². The van der Waals surface area contributed by atoms with Gasteiger partial charge in [-0.3, -0.25) is 4.79 Å². The first kappa shape index (κ1) is 13.2. The van der Waals surface area contributed by atoms with Crippen LogP contribution in [0.5, 0.6) is 0 Å². The van der Waals surface area contributed by atoms with Crippen molar-refractivity contribution in [3.63, 3.8) is 0 Å². The van der Waals surface area contributed by atoms with Crippen molar-refractivity contribution in [3.05, 3.63) is 56.7 Å². The van der Waals surface area contributed by atoms with Crippen LogP contribution in [-0.4, -0.2) is 10.9 Å². The van der Waals surface area contributed by atoms with E-state index in [-0.39, 0.29) is 5.91 Å². The molecule has 1 aromatic carbocycles. The summed E-state index contributed by atoms with van der Waals surface area (Å²) < 4.78 is 1.63. The van der Waals surface area contributed by atoms with E-state index in [2.05, 4.69) is 42.2 Å². The van der Waals surface area contributed by atoms with Crippen LogP contribution in [0.15, 0.2) is 45.5 Å². The van der Waals surface area contributed by atoms with Crippen LogP contribution in [0, 0.1) is 6.92 Å². The Balaban J connectivity index is 2.22. The van der Waals surface area contributed by atoms with Gasteiger partial charge in [0.15, 0.2) is 0 Å². The maximum atomic E-state index is 12.0. The topological polar surface area (TPSA) is 42.0 Å². The van der Waals surface area contributed by atoms with Crippen molar-refractivity contribution in [2.75, 3.05) is 5.32 Å². The van der Waals surface area contributed by atoms with E-state index in [1.54, 1.807) is 18.3 Å². The fraction of sp³-hybridized carbons (Fsp3) is 0.0769.